The van der Waals surface area contributed by atoms with Gasteiger partial charge in [-0.05, 0) is 0 Å². The van der Waals surface area contributed by atoms with Gasteiger partial charge >= 0.3 is 186 Å². The normalized spacial score (nSPS) is 4.73. The Balaban J connectivity index is -0.0000000224. The van der Waals surface area contributed by atoms with Gasteiger partial charge in [-0.1, -0.05) is 0 Å². The first-order valence-corrected chi connectivity index (χ1v) is 9.56. The van der Waals surface area contributed by atoms with Crippen molar-refractivity contribution in [2.24, 2.45) is 0 Å². The molecular formula is C4H10CaCl3KLiMgNaO3. The Hall–Kier alpha value is 5.27. The van der Waals surface area contributed by atoms with E-state index >= 15 is 0 Å². The molecule has 0 unspecified atom stereocenters. The third kappa shape index (κ3) is 66.9. The molecule has 3 nitrogen and oxygen atoms in total. The van der Waals surface area contributed by atoms with E-state index in [0.717, 1.165) is 0 Å². The Morgan fingerprint density at radius 3 is 1.27 bits per heavy atom. The second kappa shape index (κ2) is 36.5. The first-order valence-electron chi connectivity index (χ1n) is 2.73. The van der Waals surface area contributed by atoms with Gasteiger partial charge in [-0.3, -0.25) is 9.59 Å². The van der Waals surface area contributed by atoms with Gasteiger partial charge in [-0.15, -0.1) is 0 Å². The third-order valence-electron chi connectivity index (χ3n) is 0.287. The van der Waals surface area contributed by atoms with Crippen molar-refractivity contribution in [3.05, 3.63) is 0 Å². The molecule has 0 aliphatic heterocycles. The molecule has 0 aromatic rings. The third-order valence-corrected chi connectivity index (χ3v) is 0.287. The van der Waals surface area contributed by atoms with E-state index in [0.29, 0.717) is 0 Å². The van der Waals surface area contributed by atoms with E-state index in [-0.39, 0.29) is 104 Å². The van der Waals surface area contributed by atoms with Crippen LogP contribution < -0.4 is 0 Å². The predicted molar refractivity (Wildman–Crippen MR) is 74.4 cm³/mol. The van der Waals surface area contributed by atoms with Crippen molar-refractivity contribution in [3.8, 4) is 0 Å². The van der Waals surface area contributed by atoms with Crippen LogP contribution in [-0.2, 0) is 14.3 Å². The molecular weight excluding hydrogens is 336 g/mol. The molecule has 0 atom stereocenters. The van der Waals surface area contributed by atoms with Crippen LogP contribution in [0, 0.1) is 0 Å². The molecule has 0 amide bonds. The summed E-state index contributed by atoms with van der Waals surface area (Å²) in [5.41, 5.74) is 0. The summed E-state index contributed by atoms with van der Waals surface area (Å²) in [6.45, 7) is 2.36. The van der Waals surface area contributed by atoms with E-state index in [1.54, 1.807) is 0 Å². The van der Waals surface area contributed by atoms with Crippen LogP contribution in [0.1, 0.15) is 13.8 Å². The van der Waals surface area contributed by atoms with Crippen molar-refractivity contribution in [2.45, 2.75) is 13.8 Å². The fourth-order valence-electron chi connectivity index (χ4n) is 0.202. The van der Waals surface area contributed by atoms with E-state index in [1.807, 2.05) is 0 Å². The minimum absolute atomic E-state index is 0. The average molecular weight is 346 g/mol. The summed E-state index contributed by atoms with van der Waals surface area (Å²) < 4.78 is 3.97. The number of carbonyl (C=O) groups excluding carboxylic acids is 2. The van der Waals surface area contributed by atoms with Crippen LogP contribution in [0.2, 0.25) is 0 Å². The average Bonchev–Trinajstić information content (AvgIpc) is 1.90. The van der Waals surface area contributed by atoms with Gasteiger partial charge in [0, 0.05) is 13.8 Å². The molecule has 0 aliphatic carbocycles. The molecule has 0 saturated carbocycles. The van der Waals surface area contributed by atoms with Gasteiger partial charge in [0.15, 0.2) is 0 Å². The van der Waals surface area contributed by atoms with Crippen LogP contribution >= 0.6 is 22.6 Å². The van der Waals surface area contributed by atoms with Crippen LogP contribution in [0.4, 0.5) is 0 Å². The fraction of sp³-hybridized carbons (Fsp3) is 0.500. The number of halogens is 3. The zero-order valence-electron chi connectivity index (χ0n) is 7.07. The maximum atomic E-state index is 9.81. The van der Waals surface area contributed by atoms with Gasteiger partial charge in [0.1, 0.15) is 0 Å². The first kappa shape index (κ1) is 37.0. The standard InChI is InChI=1S/C4H6O3.Ca.3ClH.K.Li.Mg.Na.4H/c1-3(5)7-4(2)6;;;;;;;;;;;;/h1-2H3;;3*1H;;;;;;;;/q;+2;;;;;+1;;;;;;/p-3. The molecule has 0 heterocycles. The topological polar surface area (TPSA) is 43.4 Å². The van der Waals surface area contributed by atoms with Crippen LogP contribution in [0.25, 0.3) is 0 Å². The maximum absolute atomic E-state index is 9.81. The molecule has 11 heteroatoms. The molecule has 0 rings (SSSR count). The molecule has 0 spiro atoms. The van der Waals surface area contributed by atoms with Crippen molar-refractivity contribution < 1.29 is 14.3 Å². The van der Waals surface area contributed by atoms with Crippen molar-refractivity contribution in [1.29, 1.82) is 0 Å². The second-order valence-corrected chi connectivity index (χ2v) is 4.83. The summed E-state index contributed by atoms with van der Waals surface area (Å²) >= 11 is 0.542. The summed E-state index contributed by atoms with van der Waals surface area (Å²) in [6.07, 6.45) is 9.90. The summed E-state index contributed by atoms with van der Waals surface area (Å²) in [5, 5.41) is 0. The van der Waals surface area contributed by atoms with E-state index in [2.05, 4.69) is 14.5 Å². The summed E-state index contributed by atoms with van der Waals surface area (Å²) in [7, 11) is 4.64. The van der Waals surface area contributed by atoms with Crippen molar-refractivity contribution in [1.82, 2.24) is 0 Å². The van der Waals surface area contributed by atoms with E-state index in [9.17, 15) is 9.59 Å². The summed E-state index contributed by atoms with van der Waals surface area (Å²) in [5.74, 6) is -1.12. The molecule has 72 valence electrons. The molecule has 0 aromatic carbocycles. The van der Waals surface area contributed by atoms with Crippen LogP contribution in [0.3, 0.4) is 0 Å². The Morgan fingerprint density at radius 1 is 1.13 bits per heavy atom. The van der Waals surface area contributed by atoms with Crippen LogP contribution in [-0.4, -0.2) is 164 Å². The molecule has 0 aromatic heterocycles. The first-order chi connectivity index (χ1) is 5.54. The fourth-order valence-corrected chi connectivity index (χ4v) is 0.202. The number of rotatable bonds is 0. The SMILES string of the molecule is CC(=O)OC(C)=O.[Cl][Ca][Cl].[KH].[Li][Cl].[MgH2].[NaH]. The number of ether oxygens (including phenoxy) is 1. The molecule has 0 saturated heterocycles. The van der Waals surface area contributed by atoms with Gasteiger partial charge in [0.2, 0.25) is 0 Å². The Morgan fingerprint density at radius 2 is 1.27 bits per heavy atom. The van der Waals surface area contributed by atoms with Crippen molar-refractivity contribution >= 4 is 186 Å². The van der Waals surface area contributed by atoms with Crippen molar-refractivity contribution in [3.63, 3.8) is 0 Å². The monoisotopic (exact) mass is 344 g/mol. The van der Waals surface area contributed by atoms with Crippen LogP contribution in [0.15, 0.2) is 0 Å². The zero-order valence-corrected chi connectivity index (χ0v) is 11.5. The Labute approximate surface area is 208 Å². The molecule has 0 aliphatic rings. The minimum atomic E-state index is -0.931. The van der Waals surface area contributed by atoms with Gasteiger partial charge in [-0.2, -0.15) is 0 Å². The number of hydrogen-bond donors (Lipinski definition) is 0. The Bertz CT molecular complexity index is 128. The van der Waals surface area contributed by atoms with E-state index in [4.69, 9.17) is 12.8 Å². The quantitative estimate of drug-likeness (QED) is 0.328. The van der Waals surface area contributed by atoms with Crippen molar-refractivity contribution in [2.75, 3.05) is 0 Å². The molecule has 0 fully saturated rings. The Kier molecular flexibility index (Phi) is 90.0. The number of esters is 2. The van der Waals surface area contributed by atoms with Gasteiger partial charge in [0.05, 0.1) is 0 Å². The molecule has 0 bridgehead atoms. The van der Waals surface area contributed by atoms with E-state index in [1.165, 1.54) is 30.6 Å². The van der Waals surface area contributed by atoms with Gasteiger partial charge in [-0.25, -0.2) is 0 Å². The van der Waals surface area contributed by atoms with E-state index < -0.39 is 42.8 Å². The molecule has 0 radical (unpaired) electrons. The predicted octanol–water partition coefficient (Wildman–Crippen LogP) is -0.810. The molecule has 0 N–H and O–H groups in total. The van der Waals surface area contributed by atoms with Crippen LogP contribution in [0.5, 0.6) is 0 Å². The zero-order chi connectivity index (χ0) is 10.6. The second-order valence-electron chi connectivity index (χ2n) is 1.19. The summed E-state index contributed by atoms with van der Waals surface area (Å²) in [4.78, 5) is 19.6. The molecule has 15 heavy (non-hydrogen) atoms. The van der Waals surface area contributed by atoms with Gasteiger partial charge in [0.25, 0.3) is 0 Å². The van der Waals surface area contributed by atoms with Gasteiger partial charge < -0.3 is 4.74 Å². The summed E-state index contributed by atoms with van der Waals surface area (Å²) in [6, 6.07) is 0. The number of carbonyl (C=O) groups is 2. The number of hydrogen-bond acceptors (Lipinski definition) is 3.